The molecular weight excluding hydrogens is 246 g/mol. The van der Waals surface area contributed by atoms with E-state index in [1.54, 1.807) is 22.6 Å². The fourth-order valence-electron chi connectivity index (χ4n) is 1.72. The maximum atomic E-state index is 5.59. The number of nitrogens with two attached hydrogens (primary N) is 1. The third-order valence-electron chi connectivity index (χ3n) is 2.71. The second-order valence-electron chi connectivity index (χ2n) is 4.13. The molecule has 0 bridgehead atoms. The Kier molecular flexibility index (Phi) is 4.35. The van der Waals surface area contributed by atoms with E-state index in [9.17, 15) is 0 Å². The van der Waals surface area contributed by atoms with Crippen LogP contribution in [0.25, 0.3) is 0 Å². The fourth-order valence-corrected chi connectivity index (χ4v) is 2.79. The van der Waals surface area contributed by atoms with E-state index >= 15 is 0 Å². The van der Waals surface area contributed by atoms with Gasteiger partial charge in [0.2, 0.25) is 0 Å². The predicted molar refractivity (Wildman–Crippen MR) is 73.0 cm³/mol. The Morgan fingerprint density at radius 3 is 2.94 bits per heavy atom. The molecule has 96 valence electrons. The van der Waals surface area contributed by atoms with Crippen LogP contribution in [0.2, 0.25) is 0 Å². The Bertz CT molecular complexity index is 511. The molecule has 0 saturated carbocycles. The van der Waals surface area contributed by atoms with E-state index in [2.05, 4.69) is 46.9 Å². The lowest BCUT2D eigenvalue weighted by atomic mass is 10.2. The zero-order chi connectivity index (χ0) is 13.0. The van der Waals surface area contributed by atoms with E-state index in [-0.39, 0.29) is 6.04 Å². The zero-order valence-electron chi connectivity index (χ0n) is 10.5. The van der Waals surface area contributed by atoms with Crippen molar-refractivity contribution < 1.29 is 0 Å². The van der Waals surface area contributed by atoms with Gasteiger partial charge >= 0.3 is 0 Å². The van der Waals surface area contributed by atoms with Gasteiger partial charge in [-0.1, -0.05) is 22.9 Å². The van der Waals surface area contributed by atoms with Crippen LogP contribution in [-0.2, 0) is 7.05 Å². The second-order valence-corrected chi connectivity index (χ2v) is 5.22. The standard InChI is InChI=1S/C12H17N5S/c1-9-4-3-5-10(6-9)18-8-11(15-13)12-7-14-16-17(12)2/h3-7,11,15H,8,13H2,1-2H3. The highest BCUT2D eigenvalue weighted by molar-refractivity contribution is 7.99. The van der Waals surface area contributed by atoms with Crippen molar-refractivity contribution in [3.63, 3.8) is 0 Å². The van der Waals surface area contributed by atoms with Crippen LogP contribution in [-0.4, -0.2) is 20.7 Å². The lowest BCUT2D eigenvalue weighted by Gasteiger charge is -2.15. The number of aryl methyl sites for hydroxylation is 2. The topological polar surface area (TPSA) is 68.8 Å². The summed E-state index contributed by atoms with van der Waals surface area (Å²) in [5.74, 6) is 6.43. The minimum atomic E-state index is 0.0375. The zero-order valence-corrected chi connectivity index (χ0v) is 11.3. The summed E-state index contributed by atoms with van der Waals surface area (Å²) in [7, 11) is 1.87. The Balaban J connectivity index is 2.02. The van der Waals surface area contributed by atoms with Crippen molar-refractivity contribution in [3.8, 4) is 0 Å². The highest BCUT2D eigenvalue weighted by atomic mass is 32.2. The summed E-state index contributed by atoms with van der Waals surface area (Å²) in [6.07, 6.45) is 1.74. The molecule has 6 heteroatoms. The normalized spacial score (nSPS) is 12.6. The summed E-state index contributed by atoms with van der Waals surface area (Å²) < 4.78 is 1.74. The molecule has 1 unspecified atom stereocenters. The van der Waals surface area contributed by atoms with Gasteiger partial charge in [-0.15, -0.1) is 16.9 Å². The second kappa shape index (κ2) is 5.99. The van der Waals surface area contributed by atoms with Crippen molar-refractivity contribution in [2.24, 2.45) is 12.9 Å². The lowest BCUT2D eigenvalue weighted by molar-refractivity contribution is 0.551. The SMILES string of the molecule is Cc1cccc(SCC(NN)c2cnnn2C)c1. The van der Waals surface area contributed by atoms with Gasteiger partial charge in [-0.3, -0.25) is 16.0 Å². The smallest absolute Gasteiger partial charge is 0.0775 e. The minimum absolute atomic E-state index is 0.0375. The highest BCUT2D eigenvalue weighted by Gasteiger charge is 2.14. The van der Waals surface area contributed by atoms with Crippen molar-refractivity contribution in [3.05, 3.63) is 41.7 Å². The Labute approximate surface area is 111 Å². The molecule has 5 nitrogen and oxygen atoms in total. The monoisotopic (exact) mass is 263 g/mol. The maximum Gasteiger partial charge on any atom is 0.0775 e. The first-order valence-corrected chi connectivity index (χ1v) is 6.69. The largest absolute Gasteiger partial charge is 0.271 e. The van der Waals surface area contributed by atoms with Gasteiger partial charge in [0, 0.05) is 17.7 Å². The number of hydrogen-bond acceptors (Lipinski definition) is 5. The first-order valence-electron chi connectivity index (χ1n) is 5.71. The maximum absolute atomic E-state index is 5.59. The molecule has 0 aliphatic rings. The fraction of sp³-hybridized carbons (Fsp3) is 0.333. The van der Waals surface area contributed by atoms with Gasteiger partial charge in [0.25, 0.3) is 0 Å². The van der Waals surface area contributed by atoms with Crippen molar-refractivity contribution in [1.82, 2.24) is 20.4 Å². The molecule has 2 rings (SSSR count). The van der Waals surface area contributed by atoms with E-state index in [0.717, 1.165) is 11.4 Å². The van der Waals surface area contributed by atoms with Crippen molar-refractivity contribution >= 4 is 11.8 Å². The van der Waals surface area contributed by atoms with E-state index in [4.69, 9.17) is 5.84 Å². The summed E-state index contributed by atoms with van der Waals surface area (Å²) in [6, 6.07) is 8.46. The van der Waals surface area contributed by atoms with E-state index in [0.29, 0.717) is 0 Å². The molecular formula is C12H17N5S. The predicted octanol–water partition coefficient (Wildman–Crippen LogP) is 1.42. The molecule has 2 aromatic rings. The molecule has 0 aliphatic carbocycles. The Morgan fingerprint density at radius 1 is 1.50 bits per heavy atom. The van der Waals surface area contributed by atoms with Crippen molar-refractivity contribution in [1.29, 1.82) is 0 Å². The Morgan fingerprint density at radius 2 is 2.33 bits per heavy atom. The molecule has 1 atom stereocenters. The molecule has 0 radical (unpaired) electrons. The van der Waals surface area contributed by atoms with Gasteiger partial charge in [0.1, 0.15) is 0 Å². The molecule has 1 heterocycles. The average molecular weight is 263 g/mol. The summed E-state index contributed by atoms with van der Waals surface area (Å²) in [5, 5.41) is 7.78. The molecule has 1 aromatic heterocycles. The number of nitrogens with zero attached hydrogens (tertiary/aromatic N) is 3. The summed E-state index contributed by atoms with van der Waals surface area (Å²) in [4.78, 5) is 1.24. The van der Waals surface area contributed by atoms with Gasteiger partial charge in [-0.25, -0.2) is 0 Å². The number of hydrogen-bond donors (Lipinski definition) is 2. The van der Waals surface area contributed by atoms with Crippen LogP contribution in [0.15, 0.2) is 35.4 Å². The molecule has 0 saturated heterocycles. The van der Waals surface area contributed by atoms with Gasteiger partial charge < -0.3 is 0 Å². The van der Waals surface area contributed by atoms with Gasteiger partial charge in [-0.2, -0.15) is 0 Å². The van der Waals surface area contributed by atoms with E-state index in [1.165, 1.54) is 10.5 Å². The quantitative estimate of drug-likeness (QED) is 0.485. The minimum Gasteiger partial charge on any atom is -0.271 e. The molecule has 0 spiro atoms. The van der Waals surface area contributed by atoms with Crippen LogP contribution in [0.3, 0.4) is 0 Å². The third kappa shape index (κ3) is 3.10. The van der Waals surface area contributed by atoms with Crippen molar-refractivity contribution in [2.45, 2.75) is 17.9 Å². The number of benzene rings is 1. The number of thioether (sulfide) groups is 1. The number of hydrazine groups is 1. The van der Waals surface area contributed by atoms with Crippen LogP contribution in [0.1, 0.15) is 17.3 Å². The van der Waals surface area contributed by atoms with E-state index < -0.39 is 0 Å². The molecule has 3 N–H and O–H groups in total. The van der Waals surface area contributed by atoms with Gasteiger partial charge in [0.15, 0.2) is 0 Å². The molecule has 0 aliphatic heterocycles. The number of nitrogens with one attached hydrogen (secondary N) is 1. The highest BCUT2D eigenvalue weighted by Crippen LogP contribution is 2.24. The van der Waals surface area contributed by atoms with Crippen LogP contribution >= 0.6 is 11.8 Å². The lowest BCUT2D eigenvalue weighted by Crippen LogP contribution is -2.31. The number of aromatic nitrogens is 3. The molecule has 1 aromatic carbocycles. The molecule has 0 amide bonds. The number of rotatable bonds is 5. The van der Waals surface area contributed by atoms with Crippen LogP contribution in [0.5, 0.6) is 0 Å². The average Bonchev–Trinajstić information content (AvgIpc) is 2.77. The first kappa shape index (κ1) is 13.1. The van der Waals surface area contributed by atoms with Gasteiger partial charge in [0.05, 0.1) is 17.9 Å². The third-order valence-corrected chi connectivity index (χ3v) is 3.80. The van der Waals surface area contributed by atoms with Crippen LogP contribution in [0.4, 0.5) is 0 Å². The summed E-state index contributed by atoms with van der Waals surface area (Å²) in [6.45, 7) is 2.09. The van der Waals surface area contributed by atoms with Crippen LogP contribution in [0, 0.1) is 6.92 Å². The molecule has 0 fully saturated rings. The van der Waals surface area contributed by atoms with Crippen LogP contribution < -0.4 is 11.3 Å². The first-order chi connectivity index (χ1) is 8.70. The molecule has 18 heavy (non-hydrogen) atoms. The van der Waals surface area contributed by atoms with Crippen molar-refractivity contribution in [2.75, 3.05) is 5.75 Å². The van der Waals surface area contributed by atoms with E-state index in [1.807, 2.05) is 7.05 Å². The van der Waals surface area contributed by atoms with Gasteiger partial charge in [-0.05, 0) is 19.1 Å². The Hall–Kier alpha value is -1.37. The summed E-state index contributed by atoms with van der Waals surface area (Å²) >= 11 is 1.76. The summed E-state index contributed by atoms with van der Waals surface area (Å²) in [5.41, 5.74) is 5.06.